The number of nitrogens with zero attached hydrogens (tertiary/aromatic N) is 2. The molecule has 1 aromatic carbocycles. The molecule has 0 radical (unpaired) electrons. The van der Waals surface area contributed by atoms with Gasteiger partial charge in [0, 0.05) is 11.6 Å². The van der Waals surface area contributed by atoms with Gasteiger partial charge in [0.15, 0.2) is 0 Å². The van der Waals surface area contributed by atoms with Crippen molar-refractivity contribution in [2.75, 3.05) is 11.4 Å². The van der Waals surface area contributed by atoms with Gasteiger partial charge in [-0.15, -0.1) is 0 Å². The van der Waals surface area contributed by atoms with Crippen LogP contribution in [-0.2, 0) is 4.79 Å². The summed E-state index contributed by atoms with van der Waals surface area (Å²) in [6.45, 7) is 0.590. The van der Waals surface area contributed by atoms with Crippen molar-refractivity contribution in [2.45, 2.75) is 6.04 Å². The lowest BCUT2D eigenvalue weighted by Gasteiger charge is -2.36. The monoisotopic (exact) mass is 213 g/mol. The lowest BCUT2D eigenvalue weighted by molar-refractivity contribution is -0.123. The molecule has 0 aliphatic carbocycles. The van der Waals surface area contributed by atoms with Gasteiger partial charge in [0.25, 0.3) is 0 Å². The van der Waals surface area contributed by atoms with Crippen LogP contribution in [0.25, 0.3) is 10.9 Å². The van der Waals surface area contributed by atoms with Crippen LogP contribution < -0.4 is 10.6 Å². The Bertz CT molecular complexity index is 562. The molecule has 1 atom stereocenters. The number of aromatic nitrogens is 1. The number of carbonyl (C=O) groups excluding carboxylic acids is 1. The molecule has 0 bridgehead atoms. The number of carbonyl (C=O) groups is 1. The standard InChI is InChI=1S/C12H11N3O/c13-9-7-15(12(9)16)11-5-1-4-10-8(11)3-2-6-14-10/h1-6,9H,7,13H2. The third-order valence-electron chi connectivity index (χ3n) is 2.88. The number of rotatable bonds is 1. The maximum atomic E-state index is 11.6. The number of benzene rings is 1. The van der Waals surface area contributed by atoms with E-state index in [4.69, 9.17) is 5.73 Å². The van der Waals surface area contributed by atoms with Crippen LogP contribution in [0.3, 0.4) is 0 Å². The van der Waals surface area contributed by atoms with E-state index in [0.29, 0.717) is 6.54 Å². The van der Waals surface area contributed by atoms with Gasteiger partial charge in [-0.05, 0) is 24.3 Å². The number of anilines is 1. The van der Waals surface area contributed by atoms with Gasteiger partial charge in [0.2, 0.25) is 5.91 Å². The van der Waals surface area contributed by atoms with E-state index in [1.165, 1.54) is 0 Å². The number of β-lactam (4-membered cyclic amide) rings is 1. The van der Waals surface area contributed by atoms with E-state index in [2.05, 4.69) is 4.98 Å². The summed E-state index contributed by atoms with van der Waals surface area (Å²) in [7, 11) is 0. The number of amides is 1. The van der Waals surface area contributed by atoms with Crippen molar-refractivity contribution in [3.63, 3.8) is 0 Å². The van der Waals surface area contributed by atoms with Gasteiger partial charge in [-0.1, -0.05) is 6.07 Å². The molecule has 16 heavy (non-hydrogen) atoms. The van der Waals surface area contributed by atoms with Crippen LogP contribution in [0.4, 0.5) is 5.69 Å². The summed E-state index contributed by atoms with van der Waals surface area (Å²) in [5, 5.41) is 0.991. The summed E-state index contributed by atoms with van der Waals surface area (Å²) in [4.78, 5) is 17.5. The lowest BCUT2D eigenvalue weighted by Crippen LogP contribution is -2.61. The van der Waals surface area contributed by atoms with E-state index in [9.17, 15) is 4.79 Å². The third kappa shape index (κ3) is 1.20. The molecule has 1 aliphatic heterocycles. The highest BCUT2D eigenvalue weighted by molar-refractivity contribution is 6.09. The molecule has 2 N–H and O–H groups in total. The second kappa shape index (κ2) is 3.28. The third-order valence-corrected chi connectivity index (χ3v) is 2.88. The molecule has 1 saturated heterocycles. The Balaban J connectivity index is 2.14. The molecule has 0 spiro atoms. The van der Waals surface area contributed by atoms with E-state index < -0.39 is 0 Å². The quantitative estimate of drug-likeness (QED) is 0.716. The number of pyridine rings is 1. The van der Waals surface area contributed by atoms with Crippen LogP contribution in [0.2, 0.25) is 0 Å². The second-order valence-electron chi connectivity index (χ2n) is 3.90. The number of hydrogen-bond donors (Lipinski definition) is 1. The normalized spacial score (nSPS) is 19.9. The van der Waals surface area contributed by atoms with Crippen LogP contribution in [-0.4, -0.2) is 23.5 Å². The van der Waals surface area contributed by atoms with E-state index >= 15 is 0 Å². The zero-order valence-corrected chi connectivity index (χ0v) is 8.63. The molecule has 2 aromatic rings. The van der Waals surface area contributed by atoms with Gasteiger partial charge >= 0.3 is 0 Å². The van der Waals surface area contributed by atoms with Crippen molar-refractivity contribution in [3.8, 4) is 0 Å². The van der Waals surface area contributed by atoms with Crippen molar-refractivity contribution in [1.29, 1.82) is 0 Å². The molecule has 0 saturated carbocycles. The molecule has 80 valence electrons. The summed E-state index contributed by atoms with van der Waals surface area (Å²) < 4.78 is 0. The molecule has 1 amide bonds. The first-order valence-corrected chi connectivity index (χ1v) is 5.18. The van der Waals surface area contributed by atoms with Gasteiger partial charge < -0.3 is 10.6 Å². The Kier molecular flexibility index (Phi) is 1.91. The van der Waals surface area contributed by atoms with Crippen LogP contribution in [0.1, 0.15) is 0 Å². The zero-order chi connectivity index (χ0) is 11.1. The molecular weight excluding hydrogens is 202 g/mol. The highest BCUT2D eigenvalue weighted by atomic mass is 16.2. The number of hydrogen-bond acceptors (Lipinski definition) is 3. The minimum atomic E-state index is -0.341. The Morgan fingerprint density at radius 1 is 1.31 bits per heavy atom. The van der Waals surface area contributed by atoms with Crippen molar-refractivity contribution >= 4 is 22.5 Å². The maximum absolute atomic E-state index is 11.6. The molecule has 1 fully saturated rings. The minimum Gasteiger partial charge on any atom is -0.318 e. The van der Waals surface area contributed by atoms with Gasteiger partial charge in [-0.25, -0.2) is 0 Å². The molecule has 1 unspecified atom stereocenters. The van der Waals surface area contributed by atoms with Crippen LogP contribution in [0, 0.1) is 0 Å². The van der Waals surface area contributed by atoms with E-state index in [1.807, 2.05) is 30.3 Å². The smallest absolute Gasteiger partial charge is 0.245 e. The number of fused-ring (bicyclic) bond motifs is 1. The first-order chi connectivity index (χ1) is 7.77. The lowest BCUT2D eigenvalue weighted by atomic mass is 10.0. The molecule has 1 aromatic heterocycles. The predicted molar refractivity (Wildman–Crippen MR) is 62.1 cm³/mol. The highest BCUT2D eigenvalue weighted by Gasteiger charge is 2.35. The summed E-state index contributed by atoms with van der Waals surface area (Å²) in [6, 6.07) is 9.26. The van der Waals surface area contributed by atoms with Gasteiger partial charge in [0.05, 0.1) is 17.7 Å². The second-order valence-corrected chi connectivity index (χ2v) is 3.90. The zero-order valence-electron chi connectivity index (χ0n) is 8.63. The van der Waals surface area contributed by atoms with Gasteiger partial charge in [0.1, 0.15) is 6.04 Å². The molecule has 2 heterocycles. The van der Waals surface area contributed by atoms with Crippen LogP contribution in [0.5, 0.6) is 0 Å². The largest absolute Gasteiger partial charge is 0.318 e. The van der Waals surface area contributed by atoms with E-state index in [-0.39, 0.29) is 11.9 Å². The molecule has 4 heteroatoms. The first kappa shape index (κ1) is 9.30. The Morgan fingerprint density at radius 3 is 2.94 bits per heavy atom. The fraction of sp³-hybridized carbons (Fsp3) is 0.167. The van der Waals surface area contributed by atoms with E-state index in [1.54, 1.807) is 11.1 Å². The van der Waals surface area contributed by atoms with Crippen molar-refractivity contribution in [3.05, 3.63) is 36.5 Å². The van der Waals surface area contributed by atoms with Crippen LogP contribution >= 0.6 is 0 Å². The average molecular weight is 213 g/mol. The van der Waals surface area contributed by atoms with Crippen molar-refractivity contribution in [2.24, 2.45) is 5.73 Å². The molecule has 4 nitrogen and oxygen atoms in total. The van der Waals surface area contributed by atoms with Gasteiger partial charge in [-0.2, -0.15) is 0 Å². The Morgan fingerprint density at radius 2 is 2.19 bits per heavy atom. The minimum absolute atomic E-state index is 0.0173. The van der Waals surface area contributed by atoms with Crippen molar-refractivity contribution in [1.82, 2.24) is 4.98 Å². The average Bonchev–Trinajstić information content (AvgIpc) is 2.35. The Hall–Kier alpha value is -1.94. The first-order valence-electron chi connectivity index (χ1n) is 5.18. The number of nitrogens with two attached hydrogens (primary N) is 1. The maximum Gasteiger partial charge on any atom is 0.245 e. The fourth-order valence-electron chi connectivity index (χ4n) is 1.99. The summed E-state index contributed by atoms with van der Waals surface area (Å²) >= 11 is 0. The predicted octanol–water partition coefficient (Wildman–Crippen LogP) is 0.909. The van der Waals surface area contributed by atoms with Gasteiger partial charge in [-0.3, -0.25) is 9.78 Å². The summed E-state index contributed by atoms with van der Waals surface area (Å²) in [6.07, 6.45) is 1.75. The fourth-order valence-corrected chi connectivity index (χ4v) is 1.99. The molecular formula is C12H11N3O. The highest BCUT2D eigenvalue weighted by Crippen LogP contribution is 2.28. The Labute approximate surface area is 92.7 Å². The topological polar surface area (TPSA) is 59.2 Å². The molecule has 1 aliphatic rings. The summed E-state index contributed by atoms with van der Waals surface area (Å²) in [5.74, 6) is -0.0173. The van der Waals surface area contributed by atoms with E-state index in [0.717, 1.165) is 16.6 Å². The SMILES string of the molecule is NC1CN(c2cccc3ncccc23)C1=O. The summed E-state index contributed by atoms with van der Waals surface area (Å²) in [5.41, 5.74) is 7.38. The van der Waals surface area contributed by atoms with Crippen LogP contribution in [0.15, 0.2) is 36.5 Å². The van der Waals surface area contributed by atoms with Crippen molar-refractivity contribution < 1.29 is 4.79 Å². The molecule has 3 rings (SSSR count).